The summed E-state index contributed by atoms with van der Waals surface area (Å²) in [5, 5.41) is 11.8. The summed E-state index contributed by atoms with van der Waals surface area (Å²) in [6.07, 6.45) is 0.222. The van der Waals surface area contributed by atoms with E-state index < -0.39 is 5.97 Å². The molecule has 0 unspecified atom stereocenters. The van der Waals surface area contributed by atoms with E-state index in [9.17, 15) is 14.9 Å². The molecule has 0 aliphatic rings. The number of nitrogens with zero attached hydrogens (tertiary/aromatic N) is 1. The second-order valence-corrected chi connectivity index (χ2v) is 6.45. The van der Waals surface area contributed by atoms with Gasteiger partial charge in [0.15, 0.2) is 0 Å². The largest absolute Gasteiger partial charge is 0.460 e. The monoisotopic (exact) mass is 384 g/mol. The number of benzene rings is 3. The average Bonchev–Trinajstić information content (AvgIpc) is 2.77. The van der Waals surface area contributed by atoms with Crippen molar-refractivity contribution in [1.29, 1.82) is 5.26 Å². The van der Waals surface area contributed by atoms with Gasteiger partial charge in [0.2, 0.25) is 5.91 Å². The summed E-state index contributed by atoms with van der Waals surface area (Å²) >= 11 is 0. The maximum atomic E-state index is 11.9. The fourth-order valence-corrected chi connectivity index (χ4v) is 2.84. The first-order valence-electron chi connectivity index (χ1n) is 9.20. The van der Waals surface area contributed by atoms with E-state index >= 15 is 0 Å². The van der Waals surface area contributed by atoms with Gasteiger partial charge in [0.25, 0.3) is 0 Å². The van der Waals surface area contributed by atoms with E-state index in [2.05, 4.69) is 11.4 Å². The highest BCUT2D eigenvalue weighted by atomic mass is 16.5. The van der Waals surface area contributed by atoms with E-state index in [-0.39, 0.29) is 25.5 Å². The van der Waals surface area contributed by atoms with Crippen LogP contribution < -0.4 is 5.32 Å². The molecule has 0 saturated heterocycles. The van der Waals surface area contributed by atoms with Gasteiger partial charge in [0.05, 0.1) is 18.1 Å². The van der Waals surface area contributed by atoms with Gasteiger partial charge in [-0.15, -0.1) is 0 Å². The summed E-state index contributed by atoms with van der Waals surface area (Å²) in [4.78, 5) is 23.7. The van der Waals surface area contributed by atoms with Crippen LogP contribution in [-0.2, 0) is 27.4 Å². The third-order valence-electron chi connectivity index (χ3n) is 4.35. The quantitative estimate of drug-likeness (QED) is 0.631. The Morgan fingerprint density at radius 2 is 1.55 bits per heavy atom. The van der Waals surface area contributed by atoms with Crippen LogP contribution in [0.5, 0.6) is 0 Å². The second kappa shape index (κ2) is 9.86. The zero-order valence-electron chi connectivity index (χ0n) is 15.8. The number of carbonyl (C=O) groups is 2. The standard InChI is InChI=1S/C24H20N2O3/c25-15-21-8-4-5-9-22(21)20-12-10-19(11-13-20)17-29-24(28)16-26-23(27)14-18-6-2-1-3-7-18/h1-13H,14,16-17H2,(H,26,27). The van der Waals surface area contributed by atoms with Crippen molar-refractivity contribution < 1.29 is 14.3 Å². The van der Waals surface area contributed by atoms with Gasteiger partial charge in [-0.1, -0.05) is 72.8 Å². The van der Waals surface area contributed by atoms with Crippen LogP contribution in [-0.4, -0.2) is 18.4 Å². The number of hydrogen-bond acceptors (Lipinski definition) is 4. The van der Waals surface area contributed by atoms with Crippen LogP contribution in [0, 0.1) is 11.3 Å². The Kier molecular flexibility index (Phi) is 6.75. The number of carbonyl (C=O) groups excluding carboxylic acids is 2. The van der Waals surface area contributed by atoms with Crippen molar-refractivity contribution in [3.05, 3.63) is 95.6 Å². The lowest BCUT2D eigenvalue weighted by Gasteiger charge is -2.08. The Balaban J connectivity index is 1.47. The minimum absolute atomic E-state index is 0.119. The summed E-state index contributed by atoms with van der Waals surface area (Å²) in [5.41, 5.74) is 4.10. The molecule has 3 aromatic rings. The maximum Gasteiger partial charge on any atom is 0.325 e. The van der Waals surface area contributed by atoms with Crippen LogP contribution in [0.15, 0.2) is 78.9 Å². The fraction of sp³-hybridized carbons (Fsp3) is 0.125. The van der Waals surface area contributed by atoms with Gasteiger partial charge in [-0.25, -0.2) is 0 Å². The molecule has 0 saturated carbocycles. The predicted molar refractivity (Wildman–Crippen MR) is 110 cm³/mol. The molecule has 3 rings (SSSR count). The number of rotatable bonds is 7. The molecule has 5 heteroatoms. The van der Waals surface area contributed by atoms with Crippen molar-refractivity contribution in [2.24, 2.45) is 0 Å². The number of amides is 1. The first-order valence-corrected chi connectivity index (χ1v) is 9.20. The highest BCUT2D eigenvalue weighted by Gasteiger charge is 2.08. The molecule has 1 amide bonds. The summed E-state index contributed by atoms with van der Waals surface area (Å²) in [6.45, 7) is -0.0487. The normalized spacial score (nSPS) is 10.0. The molecule has 0 aliphatic carbocycles. The van der Waals surface area contributed by atoms with Gasteiger partial charge in [0.1, 0.15) is 13.2 Å². The number of nitrogens with one attached hydrogen (secondary N) is 1. The van der Waals surface area contributed by atoms with E-state index in [0.717, 1.165) is 22.3 Å². The minimum atomic E-state index is -0.495. The summed E-state index contributed by atoms with van der Waals surface area (Å²) < 4.78 is 5.21. The third-order valence-corrected chi connectivity index (χ3v) is 4.35. The molecule has 0 atom stereocenters. The van der Waals surface area contributed by atoms with Crippen molar-refractivity contribution in [3.8, 4) is 17.2 Å². The number of ether oxygens (including phenoxy) is 1. The lowest BCUT2D eigenvalue weighted by molar-refractivity contribution is -0.145. The molecule has 0 aliphatic heterocycles. The molecule has 1 N–H and O–H groups in total. The van der Waals surface area contributed by atoms with Crippen LogP contribution in [0.3, 0.4) is 0 Å². The van der Waals surface area contributed by atoms with Gasteiger partial charge < -0.3 is 10.1 Å². The molecule has 5 nitrogen and oxygen atoms in total. The van der Waals surface area contributed by atoms with Crippen molar-refractivity contribution in [2.45, 2.75) is 13.0 Å². The van der Waals surface area contributed by atoms with E-state index in [1.54, 1.807) is 6.07 Å². The molecule has 0 aromatic heterocycles. The Morgan fingerprint density at radius 3 is 2.28 bits per heavy atom. The second-order valence-electron chi connectivity index (χ2n) is 6.45. The molecule has 0 fully saturated rings. The smallest absolute Gasteiger partial charge is 0.325 e. The lowest BCUT2D eigenvalue weighted by atomic mass is 9.99. The molecule has 0 radical (unpaired) electrons. The molecule has 144 valence electrons. The minimum Gasteiger partial charge on any atom is -0.460 e. The van der Waals surface area contributed by atoms with Crippen LogP contribution >= 0.6 is 0 Å². The van der Waals surface area contributed by atoms with Crippen molar-refractivity contribution in [3.63, 3.8) is 0 Å². The molecule has 0 spiro atoms. The first-order chi connectivity index (χ1) is 14.2. The molecular weight excluding hydrogens is 364 g/mol. The Morgan fingerprint density at radius 1 is 0.862 bits per heavy atom. The topological polar surface area (TPSA) is 79.2 Å². The van der Waals surface area contributed by atoms with E-state index in [1.807, 2.05) is 72.8 Å². The molecular formula is C24H20N2O3. The maximum absolute atomic E-state index is 11.9. The van der Waals surface area contributed by atoms with E-state index in [1.165, 1.54) is 0 Å². The van der Waals surface area contributed by atoms with Crippen molar-refractivity contribution in [1.82, 2.24) is 5.32 Å². The van der Waals surface area contributed by atoms with Gasteiger partial charge in [-0.2, -0.15) is 5.26 Å². The van der Waals surface area contributed by atoms with E-state index in [4.69, 9.17) is 4.74 Å². The van der Waals surface area contributed by atoms with Crippen LogP contribution in [0.25, 0.3) is 11.1 Å². The van der Waals surface area contributed by atoms with Gasteiger partial charge in [0, 0.05) is 0 Å². The number of hydrogen-bond donors (Lipinski definition) is 1. The van der Waals surface area contributed by atoms with Gasteiger partial charge >= 0.3 is 5.97 Å². The SMILES string of the molecule is N#Cc1ccccc1-c1ccc(COC(=O)CNC(=O)Cc2ccccc2)cc1. The molecule has 3 aromatic carbocycles. The summed E-state index contributed by atoms with van der Waals surface area (Å²) in [6, 6.07) is 26.4. The molecule has 0 heterocycles. The highest BCUT2D eigenvalue weighted by molar-refractivity contribution is 5.83. The highest BCUT2D eigenvalue weighted by Crippen LogP contribution is 2.23. The number of nitriles is 1. The molecule has 29 heavy (non-hydrogen) atoms. The zero-order valence-corrected chi connectivity index (χ0v) is 15.8. The average molecular weight is 384 g/mol. The van der Waals surface area contributed by atoms with Crippen molar-refractivity contribution in [2.75, 3.05) is 6.54 Å². The van der Waals surface area contributed by atoms with Crippen LogP contribution in [0.1, 0.15) is 16.7 Å². The predicted octanol–water partition coefficient (Wildman–Crippen LogP) is 3.63. The van der Waals surface area contributed by atoms with Crippen LogP contribution in [0.2, 0.25) is 0 Å². The fourth-order valence-electron chi connectivity index (χ4n) is 2.84. The van der Waals surface area contributed by atoms with Gasteiger partial charge in [-0.05, 0) is 28.3 Å². The van der Waals surface area contributed by atoms with E-state index in [0.29, 0.717) is 5.56 Å². The van der Waals surface area contributed by atoms with Crippen molar-refractivity contribution >= 4 is 11.9 Å². The Hall–Kier alpha value is -3.91. The first kappa shape index (κ1) is 19.8. The summed E-state index contributed by atoms with van der Waals surface area (Å²) in [5.74, 6) is -0.723. The molecule has 0 bridgehead atoms. The Bertz CT molecular complexity index is 1020. The zero-order chi connectivity index (χ0) is 20.5. The lowest BCUT2D eigenvalue weighted by Crippen LogP contribution is -2.31. The number of esters is 1. The summed E-state index contributed by atoms with van der Waals surface area (Å²) in [7, 11) is 0. The Labute approximate surface area is 169 Å². The van der Waals surface area contributed by atoms with Crippen LogP contribution in [0.4, 0.5) is 0 Å². The van der Waals surface area contributed by atoms with Gasteiger partial charge in [-0.3, -0.25) is 9.59 Å². The third kappa shape index (κ3) is 5.78.